The monoisotopic (exact) mass is 133 g/mol. The van der Waals surface area contributed by atoms with Gasteiger partial charge in [-0.3, -0.25) is 0 Å². The molecule has 54 valence electrons. The summed E-state index contributed by atoms with van der Waals surface area (Å²) in [5.74, 6) is 0. The number of nitrogens with one attached hydrogen (secondary N) is 1. The molecule has 1 aliphatic heterocycles. The van der Waals surface area contributed by atoms with Crippen molar-refractivity contribution in [3.05, 3.63) is 0 Å². The molecule has 0 aromatic carbocycles. The molecule has 0 bridgehead atoms. The molecule has 9 heavy (non-hydrogen) atoms. The summed E-state index contributed by atoms with van der Waals surface area (Å²) in [5, 5.41) is 3.01. The minimum Gasteiger partial charge on any atom is -0.380 e. The molecule has 0 amide bonds. The average molecular weight is 133 g/mol. The van der Waals surface area contributed by atoms with Gasteiger partial charge >= 0.3 is 0 Å². The van der Waals surface area contributed by atoms with E-state index in [2.05, 4.69) is 5.32 Å². The van der Waals surface area contributed by atoms with Crippen molar-refractivity contribution in [2.24, 2.45) is 0 Å². The molecule has 1 rings (SSSR count). The topological polar surface area (TPSA) is 21.3 Å². The van der Waals surface area contributed by atoms with Gasteiger partial charge < -0.3 is 10.1 Å². The maximum Gasteiger partial charge on any atom is 0.105 e. The first-order valence-electron chi connectivity index (χ1n) is 3.19. The van der Waals surface area contributed by atoms with Crippen molar-refractivity contribution in [1.82, 2.24) is 5.32 Å². The number of halogens is 1. The molecule has 0 spiro atoms. The Hall–Kier alpha value is -0.150. The molecule has 1 fully saturated rings. The van der Waals surface area contributed by atoms with Gasteiger partial charge in [-0.15, -0.1) is 0 Å². The minimum absolute atomic E-state index is 0.0370. The van der Waals surface area contributed by atoms with E-state index in [0.29, 0.717) is 0 Å². The predicted molar refractivity (Wildman–Crippen MR) is 33.2 cm³/mol. The summed E-state index contributed by atoms with van der Waals surface area (Å²) < 4.78 is 16.9. The highest BCUT2D eigenvalue weighted by Crippen LogP contribution is 2.08. The third-order valence-corrected chi connectivity index (χ3v) is 1.70. The molecule has 0 saturated carbocycles. The van der Waals surface area contributed by atoms with E-state index < -0.39 is 0 Å². The first-order chi connectivity index (χ1) is 4.36. The number of alkyl halides is 1. The SMILES string of the molecule is COC1CNC(CF)C1. The fourth-order valence-corrected chi connectivity index (χ4v) is 1.08. The first kappa shape index (κ1) is 6.96. The fraction of sp³-hybridized carbons (Fsp3) is 1.00. The second-order valence-electron chi connectivity index (χ2n) is 2.35. The van der Waals surface area contributed by atoms with Gasteiger partial charge in [0.25, 0.3) is 0 Å². The smallest absolute Gasteiger partial charge is 0.105 e. The van der Waals surface area contributed by atoms with Gasteiger partial charge in [-0.05, 0) is 6.42 Å². The summed E-state index contributed by atoms with van der Waals surface area (Å²) in [4.78, 5) is 0. The molecular formula is C6H12FNO. The highest BCUT2D eigenvalue weighted by atomic mass is 19.1. The fourth-order valence-electron chi connectivity index (χ4n) is 1.08. The first-order valence-corrected chi connectivity index (χ1v) is 3.19. The van der Waals surface area contributed by atoms with Crippen molar-refractivity contribution >= 4 is 0 Å². The quantitative estimate of drug-likeness (QED) is 0.586. The number of hydrogen-bond acceptors (Lipinski definition) is 2. The van der Waals surface area contributed by atoms with Crippen LogP contribution in [0.25, 0.3) is 0 Å². The molecule has 2 atom stereocenters. The van der Waals surface area contributed by atoms with Gasteiger partial charge in [-0.2, -0.15) is 0 Å². The van der Waals surface area contributed by atoms with Crippen LogP contribution in [0.3, 0.4) is 0 Å². The lowest BCUT2D eigenvalue weighted by Gasteiger charge is -2.03. The lowest BCUT2D eigenvalue weighted by molar-refractivity contribution is 0.116. The number of ether oxygens (including phenoxy) is 1. The van der Waals surface area contributed by atoms with Crippen LogP contribution in [0.4, 0.5) is 4.39 Å². The van der Waals surface area contributed by atoms with Crippen molar-refractivity contribution < 1.29 is 9.13 Å². The van der Waals surface area contributed by atoms with Crippen LogP contribution in [0.2, 0.25) is 0 Å². The van der Waals surface area contributed by atoms with Gasteiger partial charge in [0.05, 0.1) is 6.10 Å². The molecule has 0 aliphatic carbocycles. The molecule has 1 heterocycles. The van der Waals surface area contributed by atoms with Crippen molar-refractivity contribution in [2.75, 3.05) is 20.3 Å². The molecule has 1 aliphatic rings. The zero-order valence-corrected chi connectivity index (χ0v) is 5.56. The van der Waals surface area contributed by atoms with E-state index in [1.807, 2.05) is 0 Å². The van der Waals surface area contributed by atoms with Crippen molar-refractivity contribution in [2.45, 2.75) is 18.6 Å². The van der Waals surface area contributed by atoms with Crippen molar-refractivity contribution in [3.8, 4) is 0 Å². The zero-order valence-electron chi connectivity index (χ0n) is 5.56. The number of hydrogen-bond donors (Lipinski definition) is 1. The lowest BCUT2D eigenvalue weighted by atomic mass is 10.2. The van der Waals surface area contributed by atoms with E-state index >= 15 is 0 Å². The maximum absolute atomic E-state index is 11.9. The number of methoxy groups -OCH3 is 1. The third-order valence-electron chi connectivity index (χ3n) is 1.70. The molecule has 2 unspecified atom stereocenters. The summed E-state index contributed by atoms with van der Waals surface area (Å²) >= 11 is 0. The molecule has 0 aromatic rings. The van der Waals surface area contributed by atoms with E-state index in [4.69, 9.17) is 4.74 Å². The summed E-state index contributed by atoms with van der Waals surface area (Å²) in [5.41, 5.74) is 0. The summed E-state index contributed by atoms with van der Waals surface area (Å²) in [6.45, 7) is 0.519. The number of rotatable bonds is 2. The normalized spacial score (nSPS) is 35.3. The molecule has 3 heteroatoms. The molecule has 1 saturated heterocycles. The van der Waals surface area contributed by atoms with Gasteiger partial charge in [0.15, 0.2) is 0 Å². The van der Waals surface area contributed by atoms with E-state index in [0.717, 1.165) is 13.0 Å². The van der Waals surface area contributed by atoms with Gasteiger partial charge in [-0.1, -0.05) is 0 Å². The van der Waals surface area contributed by atoms with Crippen LogP contribution in [0, 0.1) is 0 Å². The Morgan fingerprint density at radius 2 is 2.56 bits per heavy atom. The van der Waals surface area contributed by atoms with Crippen molar-refractivity contribution in [1.29, 1.82) is 0 Å². The molecule has 2 nitrogen and oxygen atoms in total. The van der Waals surface area contributed by atoms with Gasteiger partial charge in [0.1, 0.15) is 6.67 Å². The lowest BCUT2D eigenvalue weighted by Crippen LogP contribution is -2.23. The van der Waals surface area contributed by atoms with E-state index in [-0.39, 0.29) is 18.8 Å². The summed E-state index contributed by atoms with van der Waals surface area (Å²) in [6.07, 6.45) is 1.04. The van der Waals surface area contributed by atoms with Crippen LogP contribution in [-0.2, 0) is 4.74 Å². The Labute approximate surface area is 54.4 Å². The maximum atomic E-state index is 11.9. The van der Waals surface area contributed by atoms with Gasteiger partial charge in [0, 0.05) is 19.7 Å². The Bertz CT molecular complexity index is 79.1. The Balaban J connectivity index is 2.20. The van der Waals surface area contributed by atoms with Gasteiger partial charge in [0.2, 0.25) is 0 Å². The van der Waals surface area contributed by atoms with E-state index in [1.54, 1.807) is 7.11 Å². The summed E-state index contributed by atoms with van der Waals surface area (Å²) in [6, 6.07) is 0.0370. The highest BCUT2D eigenvalue weighted by Gasteiger charge is 2.22. The van der Waals surface area contributed by atoms with Crippen LogP contribution >= 0.6 is 0 Å². The highest BCUT2D eigenvalue weighted by molar-refractivity contribution is 4.81. The second-order valence-corrected chi connectivity index (χ2v) is 2.35. The zero-order chi connectivity index (χ0) is 6.69. The second kappa shape index (κ2) is 3.13. The Kier molecular flexibility index (Phi) is 2.42. The van der Waals surface area contributed by atoms with E-state index in [1.165, 1.54) is 0 Å². The molecular weight excluding hydrogens is 121 g/mol. The molecule has 0 aromatic heterocycles. The van der Waals surface area contributed by atoms with Crippen molar-refractivity contribution in [3.63, 3.8) is 0 Å². The van der Waals surface area contributed by atoms with Gasteiger partial charge in [-0.25, -0.2) is 4.39 Å². The van der Waals surface area contributed by atoms with Crippen LogP contribution in [-0.4, -0.2) is 32.5 Å². The van der Waals surface area contributed by atoms with Crippen LogP contribution in [0.5, 0.6) is 0 Å². The van der Waals surface area contributed by atoms with Crippen LogP contribution in [0.15, 0.2) is 0 Å². The van der Waals surface area contributed by atoms with Crippen LogP contribution in [0.1, 0.15) is 6.42 Å². The summed E-state index contributed by atoms with van der Waals surface area (Å²) in [7, 11) is 1.66. The standard InChI is InChI=1S/C6H12FNO/c1-9-6-2-5(3-7)8-4-6/h5-6,8H,2-4H2,1H3. The van der Waals surface area contributed by atoms with Crippen LogP contribution < -0.4 is 5.32 Å². The minimum atomic E-state index is -0.278. The Morgan fingerprint density at radius 1 is 1.78 bits per heavy atom. The largest absolute Gasteiger partial charge is 0.380 e. The molecule has 1 N–H and O–H groups in total. The van der Waals surface area contributed by atoms with E-state index in [9.17, 15) is 4.39 Å². The third kappa shape index (κ3) is 1.63. The molecule has 0 radical (unpaired) electrons. The predicted octanol–water partition coefficient (Wildman–Crippen LogP) is 0.333. The average Bonchev–Trinajstić information content (AvgIpc) is 2.34. The Morgan fingerprint density at radius 3 is 2.89 bits per heavy atom.